The smallest absolute Gasteiger partial charge is 0.261 e. The Labute approximate surface area is 77.1 Å². The van der Waals surface area contributed by atoms with Crippen molar-refractivity contribution in [3.05, 3.63) is 0 Å². The molecule has 0 aromatic heterocycles. The lowest BCUT2D eigenvalue weighted by Crippen LogP contribution is -2.40. The molecule has 11 heavy (non-hydrogen) atoms. The highest BCUT2D eigenvalue weighted by molar-refractivity contribution is 8.33. The maximum Gasteiger partial charge on any atom is 0.312 e. The quantitative estimate of drug-likeness (QED) is 0.453. The summed E-state index contributed by atoms with van der Waals surface area (Å²) in [6.07, 6.45) is 0. The lowest BCUT2D eigenvalue weighted by atomic mass is 10.1. The van der Waals surface area contributed by atoms with Crippen LogP contribution in [0.4, 0.5) is 0 Å². The fraction of sp³-hybridized carbons (Fsp3) is 0.714. The van der Waals surface area contributed by atoms with Gasteiger partial charge >= 0.3 is 5.17 Å². The molecule has 1 rings (SSSR count). The molecule has 0 amide bonds. The number of rotatable bonds is 0. The van der Waals surface area contributed by atoms with Gasteiger partial charge in [-0.25, -0.2) is 0 Å². The third-order valence-electron chi connectivity index (χ3n) is 1.53. The van der Waals surface area contributed by atoms with Crippen LogP contribution in [0.1, 0.15) is 13.8 Å². The molecule has 0 saturated carbocycles. The van der Waals surface area contributed by atoms with Crippen LogP contribution in [0.25, 0.3) is 0 Å². The SMILES string of the molecule is C[N+](C)=C1NC(C)(C)C(=S)S1. The molecular weight excluding hydrogens is 176 g/mol. The Morgan fingerprint density at radius 2 is 2.00 bits per heavy atom. The first-order valence-electron chi connectivity index (χ1n) is 3.48. The minimum atomic E-state index is -0.0282. The lowest BCUT2D eigenvalue weighted by molar-refractivity contribution is -0.463. The lowest BCUT2D eigenvalue weighted by Gasteiger charge is -2.10. The number of amidine groups is 1. The van der Waals surface area contributed by atoms with Gasteiger partial charge in [-0.1, -0.05) is 12.2 Å². The highest BCUT2D eigenvalue weighted by Crippen LogP contribution is 2.25. The molecule has 0 bridgehead atoms. The molecule has 0 aromatic carbocycles. The third-order valence-corrected chi connectivity index (χ3v) is 3.64. The summed E-state index contributed by atoms with van der Waals surface area (Å²) >= 11 is 6.85. The van der Waals surface area contributed by atoms with E-state index in [4.69, 9.17) is 12.2 Å². The zero-order valence-electron chi connectivity index (χ0n) is 7.26. The van der Waals surface area contributed by atoms with Gasteiger partial charge in [0.1, 0.15) is 9.74 Å². The Morgan fingerprint density at radius 3 is 2.18 bits per heavy atom. The van der Waals surface area contributed by atoms with Gasteiger partial charge in [-0.05, 0) is 13.8 Å². The Hall–Kier alpha value is -0.0900. The van der Waals surface area contributed by atoms with Crippen LogP contribution in [-0.4, -0.2) is 33.6 Å². The molecule has 4 heteroatoms. The van der Waals surface area contributed by atoms with Crippen LogP contribution >= 0.6 is 24.0 Å². The molecule has 1 saturated heterocycles. The number of thioether (sulfide) groups is 1. The van der Waals surface area contributed by atoms with Crippen LogP contribution in [0.3, 0.4) is 0 Å². The van der Waals surface area contributed by atoms with E-state index in [1.54, 1.807) is 11.8 Å². The predicted molar refractivity (Wildman–Crippen MR) is 54.5 cm³/mol. The van der Waals surface area contributed by atoms with Gasteiger partial charge in [-0.3, -0.25) is 9.89 Å². The second-order valence-electron chi connectivity index (χ2n) is 3.34. The number of nitrogens with zero attached hydrogens (tertiary/aromatic N) is 1. The first kappa shape index (κ1) is 9.00. The van der Waals surface area contributed by atoms with Crippen molar-refractivity contribution >= 4 is 33.3 Å². The molecular formula is C7H13N2S2+. The summed E-state index contributed by atoms with van der Waals surface area (Å²) in [5, 5.41) is 4.48. The summed E-state index contributed by atoms with van der Waals surface area (Å²) in [6, 6.07) is 0. The molecule has 1 heterocycles. The van der Waals surface area contributed by atoms with Gasteiger partial charge in [-0.2, -0.15) is 0 Å². The van der Waals surface area contributed by atoms with E-state index in [1.807, 2.05) is 18.7 Å². The van der Waals surface area contributed by atoms with E-state index in [0.717, 1.165) is 9.36 Å². The molecule has 2 nitrogen and oxygen atoms in total. The summed E-state index contributed by atoms with van der Waals surface area (Å²) in [5.41, 5.74) is -0.0282. The van der Waals surface area contributed by atoms with E-state index in [2.05, 4.69) is 19.2 Å². The summed E-state index contributed by atoms with van der Waals surface area (Å²) in [4.78, 5) is 0. The molecule has 62 valence electrons. The minimum absolute atomic E-state index is 0.0282. The summed E-state index contributed by atoms with van der Waals surface area (Å²) < 4.78 is 3.06. The van der Waals surface area contributed by atoms with E-state index < -0.39 is 0 Å². The van der Waals surface area contributed by atoms with Gasteiger partial charge < -0.3 is 0 Å². The van der Waals surface area contributed by atoms with E-state index in [-0.39, 0.29) is 5.54 Å². The van der Waals surface area contributed by atoms with Crippen molar-refractivity contribution in [2.45, 2.75) is 19.4 Å². The Balaban J connectivity index is 2.89. The standard InChI is InChI=1S/C7H12N2S2/c1-7(2)5(10)11-6(8-7)9(3)4/h1-4H3/p+1. The maximum atomic E-state index is 5.20. The monoisotopic (exact) mass is 189 g/mol. The van der Waals surface area contributed by atoms with Crippen LogP contribution in [0.2, 0.25) is 0 Å². The van der Waals surface area contributed by atoms with Gasteiger partial charge in [0.15, 0.2) is 0 Å². The highest BCUT2D eigenvalue weighted by Gasteiger charge is 2.40. The van der Waals surface area contributed by atoms with Crippen molar-refractivity contribution in [3.8, 4) is 0 Å². The minimum Gasteiger partial charge on any atom is -0.261 e. The first-order chi connectivity index (χ1) is 4.93. The van der Waals surface area contributed by atoms with Crippen molar-refractivity contribution in [3.63, 3.8) is 0 Å². The third kappa shape index (κ3) is 1.73. The molecule has 1 aliphatic heterocycles. The van der Waals surface area contributed by atoms with Crippen LogP contribution in [-0.2, 0) is 0 Å². The summed E-state index contributed by atoms with van der Waals surface area (Å²) in [5.74, 6) is 0. The fourth-order valence-electron chi connectivity index (χ4n) is 0.762. The van der Waals surface area contributed by atoms with Gasteiger partial charge in [0.25, 0.3) is 0 Å². The van der Waals surface area contributed by atoms with Crippen LogP contribution in [0, 0.1) is 0 Å². The zero-order chi connectivity index (χ0) is 8.65. The second kappa shape index (κ2) is 2.75. The van der Waals surface area contributed by atoms with Gasteiger partial charge in [0, 0.05) is 11.8 Å². The Morgan fingerprint density at radius 1 is 1.45 bits per heavy atom. The van der Waals surface area contributed by atoms with E-state index in [0.29, 0.717) is 0 Å². The maximum absolute atomic E-state index is 5.20. The number of nitrogens with one attached hydrogen (secondary N) is 1. The number of thiocarbonyl (C=S) groups is 1. The van der Waals surface area contributed by atoms with Crippen molar-refractivity contribution in [2.24, 2.45) is 0 Å². The molecule has 1 fully saturated rings. The molecule has 1 aliphatic rings. The fourth-order valence-corrected chi connectivity index (χ4v) is 2.02. The zero-order valence-corrected chi connectivity index (χ0v) is 8.90. The first-order valence-corrected chi connectivity index (χ1v) is 4.71. The average molecular weight is 189 g/mol. The number of hydrogen-bond donors (Lipinski definition) is 1. The van der Waals surface area contributed by atoms with Crippen molar-refractivity contribution < 1.29 is 4.58 Å². The van der Waals surface area contributed by atoms with Gasteiger partial charge in [0.2, 0.25) is 0 Å². The van der Waals surface area contributed by atoms with Gasteiger partial charge in [0.05, 0.1) is 14.1 Å². The van der Waals surface area contributed by atoms with Crippen molar-refractivity contribution in [1.29, 1.82) is 0 Å². The largest absolute Gasteiger partial charge is 0.312 e. The van der Waals surface area contributed by atoms with E-state index >= 15 is 0 Å². The molecule has 0 unspecified atom stereocenters. The van der Waals surface area contributed by atoms with Crippen LogP contribution < -0.4 is 5.32 Å². The molecule has 0 spiro atoms. The van der Waals surface area contributed by atoms with E-state index in [1.165, 1.54) is 0 Å². The molecule has 0 atom stereocenters. The Bertz CT molecular complexity index is 227. The average Bonchev–Trinajstić information content (AvgIpc) is 2.08. The molecule has 0 radical (unpaired) electrons. The molecule has 0 aliphatic carbocycles. The number of hydrogen-bond acceptors (Lipinski definition) is 2. The van der Waals surface area contributed by atoms with Crippen molar-refractivity contribution in [2.75, 3.05) is 14.1 Å². The predicted octanol–water partition coefficient (Wildman–Crippen LogP) is 1.06. The Kier molecular flexibility index (Phi) is 2.25. The van der Waals surface area contributed by atoms with Crippen LogP contribution in [0.15, 0.2) is 0 Å². The second-order valence-corrected chi connectivity index (χ2v) is 5.00. The topological polar surface area (TPSA) is 15.0 Å². The van der Waals surface area contributed by atoms with E-state index in [9.17, 15) is 0 Å². The normalized spacial score (nSPS) is 21.8. The van der Waals surface area contributed by atoms with Crippen molar-refractivity contribution in [1.82, 2.24) is 5.32 Å². The molecule has 1 N–H and O–H groups in total. The van der Waals surface area contributed by atoms with Crippen LogP contribution in [0.5, 0.6) is 0 Å². The van der Waals surface area contributed by atoms with Gasteiger partial charge in [-0.15, -0.1) is 0 Å². The summed E-state index contributed by atoms with van der Waals surface area (Å²) in [6.45, 7) is 4.19. The highest BCUT2D eigenvalue weighted by atomic mass is 32.2. The summed E-state index contributed by atoms with van der Waals surface area (Å²) in [7, 11) is 4.03. The molecule has 0 aromatic rings.